The van der Waals surface area contributed by atoms with E-state index in [-0.39, 0.29) is 11.9 Å². The predicted molar refractivity (Wildman–Crippen MR) is 86.5 cm³/mol. The number of aromatic nitrogens is 2. The van der Waals surface area contributed by atoms with Crippen LogP contribution in [0.2, 0.25) is 0 Å². The number of carbonyl (C=O) groups excluding carboxylic acids is 1. The Hall–Kier alpha value is -2.98. The quantitative estimate of drug-likeness (QED) is 0.761. The maximum atomic E-state index is 12.1. The van der Waals surface area contributed by atoms with Crippen LogP contribution in [0, 0.1) is 11.3 Å². The molecule has 112 valence electrons. The lowest BCUT2D eigenvalue weighted by Crippen LogP contribution is -2.11. The molecule has 0 radical (unpaired) electrons. The van der Waals surface area contributed by atoms with Crippen LogP contribution in [0.5, 0.6) is 0 Å². The minimum absolute atomic E-state index is 0.0114. The molecular formula is C16H9BrN4O2. The van der Waals surface area contributed by atoms with Gasteiger partial charge in [-0.25, -0.2) is 0 Å². The van der Waals surface area contributed by atoms with E-state index in [2.05, 4.69) is 31.4 Å². The Labute approximate surface area is 139 Å². The van der Waals surface area contributed by atoms with Crippen molar-refractivity contribution in [2.75, 3.05) is 5.32 Å². The molecule has 0 saturated heterocycles. The van der Waals surface area contributed by atoms with Crippen molar-refractivity contribution in [3.8, 4) is 17.5 Å². The van der Waals surface area contributed by atoms with E-state index in [1.165, 1.54) is 0 Å². The van der Waals surface area contributed by atoms with Gasteiger partial charge in [0.25, 0.3) is 5.91 Å². The molecule has 7 heteroatoms. The van der Waals surface area contributed by atoms with E-state index in [9.17, 15) is 4.79 Å². The number of hydrogen-bond acceptors (Lipinski definition) is 5. The SMILES string of the molecule is N#Cc1ccc(C(=O)Nc2nnc(-c3ccc(Br)cc3)o2)cc1. The van der Waals surface area contributed by atoms with Gasteiger partial charge in [-0.3, -0.25) is 10.1 Å². The van der Waals surface area contributed by atoms with Gasteiger partial charge in [-0.05, 0) is 48.5 Å². The third-order valence-corrected chi connectivity index (χ3v) is 3.54. The second kappa shape index (κ2) is 6.42. The monoisotopic (exact) mass is 368 g/mol. The molecule has 0 unspecified atom stereocenters. The standard InChI is InChI=1S/C16H9BrN4O2/c17-13-7-5-12(6-8-13)15-20-21-16(23-15)19-14(22)11-3-1-10(9-18)2-4-11/h1-8H,(H,19,21,22). The molecule has 3 aromatic rings. The maximum Gasteiger partial charge on any atom is 0.322 e. The van der Waals surface area contributed by atoms with Crippen molar-refractivity contribution < 1.29 is 9.21 Å². The van der Waals surface area contributed by atoms with Crippen LogP contribution in [-0.2, 0) is 0 Å². The van der Waals surface area contributed by atoms with Crippen molar-refractivity contribution in [1.82, 2.24) is 10.2 Å². The first kappa shape index (κ1) is 14.9. The molecule has 23 heavy (non-hydrogen) atoms. The molecule has 1 heterocycles. The van der Waals surface area contributed by atoms with Crippen LogP contribution in [0.1, 0.15) is 15.9 Å². The fourth-order valence-electron chi connectivity index (χ4n) is 1.85. The molecule has 1 amide bonds. The van der Waals surface area contributed by atoms with Gasteiger partial charge in [-0.2, -0.15) is 5.26 Å². The number of nitriles is 1. The number of carbonyl (C=O) groups is 1. The van der Waals surface area contributed by atoms with E-state index in [0.29, 0.717) is 17.0 Å². The van der Waals surface area contributed by atoms with Gasteiger partial charge in [0.2, 0.25) is 5.89 Å². The second-order valence-corrected chi connectivity index (χ2v) is 5.48. The van der Waals surface area contributed by atoms with Crippen LogP contribution in [0.25, 0.3) is 11.5 Å². The van der Waals surface area contributed by atoms with Crippen LogP contribution in [-0.4, -0.2) is 16.1 Å². The molecule has 3 rings (SSSR count). The minimum Gasteiger partial charge on any atom is -0.403 e. The first-order valence-electron chi connectivity index (χ1n) is 6.56. The Morgan fingerprint density at radius 1 is 1.09 bits per heavy atom. The van der Waals surface area contributed by atoms with Crippen molar-refractivity contribution in [1.29, 1.82) is 5.26 Å². The summed E-state index contributed by atoms with van der Waals surface area (Å²) in [7, 11) is 0. The number of nitrogens with one attached hydrogen (secondary N) is 1. The van der Waals surface area contributed by atoms with Crippen molar-refractivity contribution in [3.63, 3.8) is 0 Å². The fraction of sp³-hybridized carbons (Fsp3) is 0. The molecule has 2 aromatic carbocycles. The van der Waals surface area contributed by atoms with Crippen LogP contribution in [0.4, 0.5) is 6.01 Å². The highest BCUT2D eigenvalue weighted by Gasteiger charge is 2.12. The number of rotatable bonds is 3. The molecule has 1 N–H and O–H groups in total. The zero-order valence-electron chi connectivity index (χ0n) is 11.7. The molecular weight excluding hydrogens is 360 g/mol. The molecule has 1 aromatic heterocycles. The minimum atomic E-state index is -0.388. The average molecular weight is 369 g/mol. The molecule has 0 spiro atoms. The van der Waals surface area contributed by atoms with Gasteiger partial charge in [0.05, 0.1) is 11.6 Å². The summed E-state index contributed by atoms with van der Waals surface area (Å²) in [5.41, 5.74) is 1.63. The summed E-state index contributed by atoms with van der Waals surface area (Å²) in [6, 6.07) is 15.6. The summed E-state index contributed by atoms with van der Waals surface area (Å²) in [5, 5.41) is 19.0. The van der Waals surface area contributed by atoms with Gasteiger partial charge >= 0.3 is 6.01 Å². The summed E-state index contributed by atoms with van der Waals surface area (Å²) in [5.74, 6) is -0.0758. The van der Waals surface area contributed by atoms with Gasteiger partial charge in [-0.1, -0.05) is 21.0 Å². The Morgan fingerprint density at radius 2 is 1.78 bits per heavy atom. The smallest absolute Gasteiger partial charge is 0.322 e. The molecule has 0 aliphatic heterocycles. The van der Waals surface area contributed by atoms with Crippen molar-refractivity contribution in [2.45, 2.75) is 0 Å². The Morgan fingerprint density at radius 3 is 2.43 bits per heavy atom. The van der Waals surface area contributed by atoms with Gasteiger partial charge in [0.15, 0.2) is 0 Å². The molecule has 0 aliphatic carbocycles. The van der Waals surface area contributed by atoms with Gasteiger partial charge in [-0.15, -0.1) is 5.10 Å². The van der Waals surface area contributed by atoms with Gasteiger partial charge in [0, 0.05) is 15.6 Å². The van der Waals surface area contributed by atoms with Gasteiger partial charge < -0.3 is 4.42 Å². The fourth-order valence-corrected chi connectivity index (χ4v) is 2.11. The molecule has 0 bridgehead atoms. The Bertz CT molecular complexity index is 880. The summed E-state index contributed by atoms with van der Waals surface area (Å²) >= 11 is 3.35. The van der Waals surface area contributed by atoms with E-state index >= 15 is 0 Å². The number of amides is 1. The number of benzene rings is 2. The summed E-state index contributed by atoms with van der Waals surface area (Å²) in [6.45, 7) is 0. The lowest BCUT2D eigenvalue weighted by molar-refractivity contribution is 0.102. The highest BCUT2D eigenvalue weighted by atomic mass is 79.9. The van der Waals surface area contributed by atoms with E-state index in [1.54, 1.807) is 24.3 Å². The van der Waals surface area contributed by atoms with Crippen LogP contribution in [0.15, 0.2) is 57.4 Å². The zero-order valence-corrected chi connectivity index (χ0v) is 13.2. The second-order valence-electron chi connectivity index (χ2n) is 4.56. The molecule has 0 aliphatic rings. The highest BCUT2D eigenvalue weighted by Crippen LogP contribution is 2.22. The van der Waals surface area contributed by atoms with Gasteiger partial charge in [0.1, 0.15) is 0 Å². The first-order valence-corrected chi connectivity index (χ1v) is 7.36. The lowest BCUT2D eigenvalue weighted by Gasteiger charge is -2.00. The summed E-state index contributed by atoms with van der Waals surface area (Å²) in [4.78, 5) is 12.1. The van der Waals surface area contributed by atoms with E-state index < -0.39 is 0 Å². The Kier molecular flexibility index (Phi) is 4.17. The number of halogens is 1. The number of nitrogens with zero attached hydrogens (tertiary/aromatic N) is 3. The largest absolute Gasteiger partial charge is 0.403 e. The van der Waals surface area contributed by atoms with Crippen LogP contribution in [0.3, 0.4) is 0 Å². The number of anilines is 1. The number of hydrogen-bond donors (Lipinski definition) is 1. The Balaban J connectivity index is 1.74. The average Bonchev–Trinajstić information content (AvgIpc) is 3.04. The van der Waals surface area contributed by atoms with Crippen LogP contribution >= 0.6 is 15.9 Å². The maximum absolute atomic E-state index is 12.1. The molecule has 6 nitrogen and oxygen atoms in total. The molecule has 0 atom stereocenters. The summed E-state index contributed by atoms with van der Waals surface area (Å²) < 4.78 is 6.36. The first-order chi connectivity index (χ1) is 11.2. The zero-order chi connectivity index (χ0) is 16.2. The normalized spacial score (nSPS) is 10.1. The lowest BCUT2D eigenvalue weighted by atomic mass is 10.1. The third kappa shape index (κ3) is 3.44. The summed E-state index contributed by atoms with van der Waals surface area (Å²) in [6.07, 6.45) is 0. The van der Waals surface area contributed by atoms with E-state index in [4.69, 9.17) is 9.68 Å². The van der Waals surface area contributed by atoms with Crippen molar-refractivity contribution in [2.24, 2.45) is 0 Å². The predicted octanol–water partition coefficient (Wildman–Crippen LogP) is 3.62. The van der Waals surface area contributed by atoms with Crippen molar-refractivity contribution >= 4 is 27.9 Å². The highest BCUT2D eigenvalue weighted by molar-refractivity contribution is 9.10. The molecule has 0 fully saturated rings. The van der Waals surface area contributed by atoms with E-state index in [1.807, 2.05) is 30.3 Å². The third-order valence-electron chi connectivity index (χ3n) is 3.01. The van der Waals surface area contributed by atoms with Crippen LogP contribution < -0.4 is 5.32 Å². The van der Waals surface area contributed by atoms with E-state index in [0.717, 1.165) is 10.0 Å². The topological polar surface area (TPSA) is 91.8 Å². The molecule has 0 saturated carbocycles. The van der Waals surface area contributed by atoms with Crippen molar-refractivity contribution in [3.05, 3.63) is 64.1 Å².